The number of rotatable bonds is 6. The van der Waals surface area contributed by atoms with E-state index in [1.54, 1.807) is 11.3 Å². The molecule has 4 aromatic rings. The van der Waals surface area contributed by atoms with Gasteiger partial charge in [-0.2, -0.15) is 0 Å². The number of amides is 1. The highest BCUT2D eigenvalue weighted by Crippen LogP contribution is 2.34. The van der Waals surface area contributed by atoms with Gasteiger partial charge in [-0.15, -0.1) is 0 Å². The Bertz CT molecular complexity index is 1430. The van der Waals surface area contributed by atoms with Gasteiger partial charge in [0.25, 0.3) is 0 Å². The number of nitrogens with two attached hydrogens (primary N) is 1. The zero-order chi connectivity index (χ0) is 25.6. The number of fused-ring (bicyclic) bond motifs is 2. The van der Waals surface area contributed by atoms with E-state index in [9.17, 15) is 4.79 Å². The van der Waals surface area contributed by atoms with E-state index in [1.165, 1.54) is 0 Å². The smallest absolute Gasteiger partial charge is 0.237 e. The monoisotopic (exact) mass is 520 g/mol. The van der Waals surface area contributed by atoms with E-state index in [0.717, 1.165) is 89.3 Å². The fraction of sp³-hybridized carbons (Fsp3) is 0.462. The van der Waals surface area contributed by atoms with Gasteiger partial charge in [0.2, 0.25) is 5.91 Å². The van der Waals surface area contributed by atoms with E-state index in [0.29, 0.717) is 13.2 Å². The highest BCUT2D eigenvalue weighted by atomic mass is 32.1. The minimum Gasteiger partial charge on any atom is -0.378 e. The van der Waals surface area contributed by atoms with Gasteiger partial charge in [-0.1, -0.05) is 23.5 Å². The van der Waals surface area contributed by atoms with Crippen molar-refractivity contribution in [2.75, 3.05) is 57.4 Å². The first-order chi connectivity index (χ1) is 17.9. The number of ether oxygens (including phenoxy) is 1. The summed E-state index contributed by atoms with van der Waals surface area (Å²) in [5.41, 5.74) is 7.93. The van der Waals surface area contributed by atoms with Crippen molar-refractivity contribution >= 4 is 44.3 Å². The normalized spacial score (nSPS) is 18.2. The number of piperazine rings is 1. The second-order valence-corrected chi connectivity index (χ2v) is 11.2. The molecule has 37 heavy (non-hydrogen) atoms. The van der Waals surface area contributed by atoms with Gasteiger partial charge in [0.05, 0.1) is 25.3 Å². The van der Waals surface area contributed by atoms with Crippen LogP contribution in [-0.4, -0.2) is 93.7 Å². The molecule has 2 aliphatic rings. The number of hydrogen-bond acceptors (Lipinski definition) is 9. The SMILES string of the molecule is CC(C)(C(N)=O)N1CCN(Cc2nc3c(N4CCOCC4)nc(-c4cccc5[nH]ccc45)nc3s2)CC1. The van der Waals surface area contributed by atoms with Gasteiger partial charge in [0.1, 0.15) is 15.4 Å². The maximum absolute atomic E-state index is 11.9. The standard InChI is InChI=1S/C26H32N8O2S/c1-26(2,25(27)35)34-10-8-32(9-11-34)16-20-29-21-23(33-12-14-36-15-13-33)30-22(31-24(21)37-20)18-4-3-5-19-17(18)6-7-28-19/h3-7,28H,8-16H2,1-2H3,(H2,27,35). The fourth-order valence-corrected chi connectivity index (χ4v) is 6.10. The van der Waals surface area contributed by atoms with Crippen molar-refractivity contribution in [3.05, 3.63) is 35.5 Å². The molecule has 0 bridgehead atoms. The Hall–Kier alpha value is -3.12. The van der Waals surface area contributed by atoms with Gasteiger partial charge < -0.3 is 20.4 Å². The predicted molar refractivity (Wildman–Crippen MR) is 146 cm³/mol. The van der Waals surface area contributed by atoms with E-state index in [2.05, 4.69) is 37.9 Å². The molecule has 2 aliphatic heterocycles. The summed E-state index contributed by atoms with van der Waals surface area (Å²) in [5, 5.41) is 2.13. The Morgan fingerprint density at radius 3 is 2.62 bits per heavy atom. The lowest BCUT2D eigenvalue weighted by molar-refractivity contribution is -0.129. The molecule has 1 aromatic carbocycles. The third-order valence-corrected chi connectivity index (χ3v) is 8.49. The van der Waals surface area contributed by atoms with Gasteiger partial charge in [-0.3, -0.25) is 14.6 Å². The molecule has 2 saturated heterocycles. The summed E-state index contributed by atoms with van der Waals surface area (Å²) in [4.78, 5) is 38.0. The first-order valence-electron chi connectivity index (χ1n) is 12.7. The molecule has 0 spiro atoms. The number of carbonyl (C=O) groups excluding carboxylic acids is 1. The van der Waals surface area contributed by atoms with Crippen LogP contribution in [0.15, 0.2) is 30.5 Å². The number of thiazole rings is 1. The third-order valence-electron chi connectivity index (χ3n) is 7.56. The molecular weight excluding hydrogens is 488 g/mol. The lowest BCUT2D eigenvalue weighted by Crippen LogP contribution is -2.59. The number of benzene rings is 1. The topological polar surface area (TPSA) is 117 Å². The summed E-state index contributed by atoms with van der Waals surface area (Å²) in [5.74, 6) is 1.32. The largest absolute Gasteiger partial charge is 0.378 e. The van der Waals surface area contributed by atoms with Crippen LogP contribution < -0.4 is 10.6 Å². The summed E-state index contributed by atoms with van der Waals surface area (Å²) in [6, 6.07) is 8.25. The lowest BCUT2D eigenvalue weighted by Gasteiger charge is -2.42. The maximum atomic E-state index is 11.9. The average molecular weight is 521 g/mol. The third kappa shape index (κ3) is 4.56. The van der Waals surface area contributed by atoms with Crippen molar-refractivity contribution < 1.29 is 9.53 Å². The molecule has 0 aliphatic carbocycles. The molecule has 194 valence electrons. The Balaban J connectivity index is 1.31. The number of H-pyrrole nitrogens is 1. The number of primary amides is 1. The zero-order valence-electron chi connectivity index (χ0n) is 21.2. The van der Waals surface area contributed by atoms with Gasteiger partial charge in [0.15, 0.2) is 11.6 Å². The minimum atomic E-state index is -0.636. The molecule has 0 saturated carbocycles. The highest BCUT2D eigenvalue weighted by Gasteiger charge is 2.35. The quantitative estimate of drug-likeness (QED) is 0.398. The Kier molecular flexibility index (Phi) is 6.31. The summed E-state index contributed by atoms with van der Waals surface area (Å²) in [6.45, 7) is 10.8. The summed E-state index contributed by atoms with van der Waals surface area (Å²) in [7, 11) is 0. The number of aromatic nitrogens is 4. The molecule has 5 heterocycles. The van der Waals surface area contributed by atoms with Crippen LogP contribution >= 0.6 is 11.3 Å². The summed E-state index contributed by atoms with van der Waals surface area (Å²) in [6.07, 6.45) is 1.95. The molecule has 0 unspecified atom stereocenters. The number of carbonyl (C=O) groups is 1. The van der Waals surface area contributed by atoms with Crippen LogP contribution in [0.25, 0.3) is 32.6 Å². The van der Waals surface area contributed by atoms with Crippen LogP contribution in [0.2, 0.25) is 0 Å². The molecule has 3 aromatic heterocycles. The van der Waals surface area contributed by atoms with Crippen LogP contribution in [-0.2, 0) is 16.1 Å². The number of hydrogen-bond donors (Lipinski definition) is 2. The number of morpholine rings is 1. The van der Waals surface area contributed by atoms with Crippen molar-refractivity contribution in [2.24, 2.45) is 5.73 Å². The molecular formula is C26H32N8O2S. The Morgan fingerprint density at radius 2 is 1.86 bits per heavy atom. The molecule has 6 rings (SSSR count). The molecule has 11 heteroatoms. The first kappa shape index (κ1) is 24.2. The second kappa shape index (κ2) is 9.64. The van der Waals surface area contributed by atoms with Crippen LogP contribution in [0.5, 0.6) is 0 Å². The fourth-order valence-electron chi connectivity index (χ4n) is 5.13. The van der Waals surface area contributed by atoms with E-state index < -0.39 is 5.54 Å². The van der Waals surface area contributed by atoms with E-state index >= 15 is 0 Å². The van der Waals surface area contributed by atoms with Crippen LogP contribution in [0.3, 0.4) is 0 Å². The molecule has 0 atom stereocenters. The molecule has 3 N–H and O–H groups in total. The number of nitrogens with one attached hydrogen (secondary N) is 1. The van der Waals surface area contributed by atoms with Gasteiger partial charge >= 0.3 is 0 Å². The maximum Gasteiger partial charge on any atom is 0.237 e. The average Bonchev–Trinajstić information content (AvgIpc) is 3.55. The highest BCUT2D eigenvalue weighted by molar-refractivity contribution is 7.18. The van der Waals surface area contributed by atoms with Crippen molar-refractivity contribution in [3.63, 3.8) is 0 Å². The van der Waals surface area contributed by atoms with Gasteiger partial charge in [0, 0.05) is 61.9 Å². The summed E-state index contributed by atoms with van der Waals surface area (Å²) >= 11 is 1.64. The van der Waals surface area contributed by atoms with Crippen molar-refractivity contribution in [2.45, 2.75) is 25.9 Å². The zero-order valence-corrected chi connectivity index (χ0v) is 22.1. The van der Waals surface area contributed by atoms with Crippen LogP contribution in [0, 0.1) is 0 Å². The second-order valence-electron chi connectivity index (χ2n) is 10.2. The van der Waals surface area contributed by atoms with E-state index in [4.69, 9.17) is 25.4 Å². The summed E-state index contributed by atoms with van der Waals surface area (Å²) < 4.78 is 5.60. The number of aromatic amines is 1. The van der Waals surface area contributed by atoms with Crippen molar-refractivity contribution in [1.29, 1.82) is 0 Å². The van der Waals surface area contributed by atoms with E-state index in [1.807, 2.05) is 26.1 Å². The van der Waals surface area contributed by atoms with Crippen LogP contribution in [0.4, 0.5) is 5.82 Å². The van der Waals surface area contributed by atoms with Crippen molar-refractivity contribution in [3.8, 4) is 11.4 Å². The van der Waals surface area contributed by atoms with E-state index in [-0.39, 0.29) is 5.91 Å². The van der Waals surface area contributed by atoms with Crippen LogP contribution in [0.1, 0.15) is 18.9 Å². The molecule has 0 radical (unpaired) electrons. The Labute approximate surface area is 219 Å². The number of anilines is 1. The van der Waals surface area contributed by atoms with Crippen molar-refractivity contribution in [1.82, 2.24) is 29.7 Å². The molecule has 2 fully saturated rings. The molecule has 1 amide bonds. The lowest BCUT2D eigenvalue weighted by atomic mass is 10.0. The predicted octanol–water partition coefficient (Wildman–Crippen LogP) is 2.45. The first-order valence-corrected chi connectivity index (χ1v) is 13.6. The number of nitrogens with zero attached hydrogens (tertiary/aromatic N) is 6. The minimum absolute atomic E-state index is 0.285. The van der Waals surface area contributed by atoms with Gasteiger partial charge in [-0.25, -0.2) is 15.0 Å². The van der Waals surface area contributed by atoms with Gasteiger partial charge in [-0.05, 0) is 26.0 Å². The molecule has 10 nitrogen and oxygen atoms in total. The Morgan fingerprint density at radius 1 is 1.08 bits per heavy atom.